The van der Waals surface area contributed by atoms with Crippen LogP contribution in [0.15, 0.2) is 91.0 Å². The van der Waals surface area contributed by atoms with Crippen LogP contribution in [-0.4, -0.2) is 17.5 Å². The van der Waals surface area contributed by atoms with Crippen LogP contribution in [-0.2, 0) is 28.2 Å². The molecule has 0 aromatic heterocycles. The largest absolute Gasteiger partial charge is 0.464 e. The number of benzene rings is 3. The molecule has 0 saturated carbocycles. The van der Waals surface area contributed by atoms with Crippen molar-refractivity contribution in [2.75, 3.05) is 6.61 Å². The van der Waals surface area contributed by atoms with Crippen molar-refractivity contribution in [1.29, 1.82) is 0 Å². The minimum Gasteiger partial charge on any atom is -0.464 e. The fourth-order valence-corrected chi connectivity index (χ4v) is 4.21. The second kappa shape index (κ2) is 10.2. The van der Waals surface area contributed by atoms with Gasteiger partial charge in [0.25, 0.3) is 0 Å². The normalized spacial score (nSPS) is 13.2. The Morgan fingerprint density at radius 3 is 1.63 bits per heavy atom. The standard InChI is InChI=1S/C27H31NO2/c1-4-30-26(29)27(22(2)3,25-18-12-7-13-19-25)28(20-23-14-8-5-9-15-23)21-24-16-10-6-11-17-24/h5-19,22H,4,20-21H2,1-3H3. The highest BCUT2D eigenvalue weighted by Gasteiger charge is 2.49. The molecule has 30 heavy (non-hydrogen) atoms. The molecular formula is C27H31NO2. The lowest BCUT2D eigenvalue weighted by Gasteiger charge is -2.45. The fraction of sp³-hybridized carbons (Fsp3) is 0.296. The zero-order chi connectivity index (χ0) is 21.4. The number of ether oxygens (including phenoxy) is 1. The number of carbonyl (C=O) groups excluding carboxylic acids is 1. The van der Waals surface area contributed by atoms with E-state index in [1.807, 2.05) is 73.7 Å². The Balaban J connectivity index is 2.17. The van der Waals surface area contributed by atoms with Crippen LogP contribution in [0.4, 0.5) is 0 Å². The summed E-state index contributed by atoms with van der Waals surface area (Å²) in [4.78, 5) is 15.9. The lowest BCUT2D eigenvalue weighted by Crippen LogP contribution is -2.55. The topological polar surface area (TPSA) is 29.5 Å². The third kappa shape index (κ3) is 4.63. The summed E-state index contributed by atoms with van der Waals surface area (Å²) in [5.74, 6) is -0.190. The molecule has 0 amide bonds. The second-order valence-corrected chi connectivity index (χ2v) is 7.83. The zero-order valence-corrected chi connectivity index (χ0v) is 18.1. The number of carbonyl (C=O) groups is 1. The quantitative estimate of drug-likeness (QED) is 0.424. The maximum absolute atomic E-state index is 13.7. The van der Waals surface area contributed by atoms with Gasteiger partial charge in [0.1, 0.15) is 5.54 Å². The third-order valence-corrected chi connectivity index (χ3v) is 5.57. The van der Waals surface area contributed by atoms with Gasteiger partial charge in [-0.2, -0.15) is 0 Å². The fourth-order valence-electron chi connectivity index (χ4n) is 4.21. The lowest BCUT2D eigenvalue weighted by molar-refractivity contribution is -0.164. The van der Waals surface area contributed by atoms with E-state index < -0.39 is 5.54 Å². The Hall–Kier alpha value is -2.91. The summed E-state index contributed by atoms with van der Waals surface area (Å²) in [5.41, 5.74) is 2.39. The summed E-state index contributed by atoms with van der Waals surface area (Å²) in [5, 5.41) is 0. The first-order valence-electron chi connectivity index (χ1n) is 10.6. The summed E-state index contributed by atoms with van der Waals surface area (Å²) in [6.45, 7) is 7.71. The zero-order valence-electron chi connectivity index (χ0n) is 18.1. The maximum Gasteiger partial charge on any atom is 0.331 e. The molecule has 3 heteroatoms. The van der Waals surface area contributed by atoms with Crippen LogP contribution in [0.3, 0.4) is 0 Å². The Morgan fingerprint density at radius 1 is 0.800 bits per heavy atom. The van der Waals surface area contributed by atoms with E-state index in [9.17, 15) is 4.79 Å². The second-order valence-electron chi connectivity index (χ2n) is 7.83. The molecule has 0 N–H and O–H groups in total. The maximum atomic E-state index is 13.7. The Labute approximate surface area is 180 Å². The average molecular weight is 402 g/mol. The lowest BCUT2D eigenvalue weighted by atomic mass is 9.77. The molecule has 0 bridgehead atoms. The Morgan fingerprint density at radius 2 is 1.23 bits per heavy atom. The molecule has 156 valence electrons. The molecule has 3 nitrogen and oxygen atoms in total. The number of rotatable bonds is 9. The van der Waals surface area contributed by atoms with Gasteiger partial charge in [0, 0.05) is 13.1 Å². The van der Waals surface area contributed by atoms with E-state index in [0.29, 0.717) is 19.7 Å². The molecule has 0 fully saturated rings. The molecule has 0 radical (unpaired) electrons. The molecule has 0 spiro atoms. The van der Waals surface area contributed by atoms with Gasteiger partial charge in [0.15, 0.2) is 0 Å². The first-order valence-corrected chi connectivity index (χ1v) is 10.6. The van der Waals surface area contributed by atoms with E-state index in [4.69, 9.17) is 4.74 Å². The number of hydrogen-bond acceptors (Lipinski definition) is 3. The summed E-state index contributed by atoms with van der Waals surface area (Å²) in [7, 11) is 0. The summed E-state index contributed by atoms with van der Waals surface area (Å²) < 4.78 is 5.70. The van der Waals surface area contributed by atoms with Crippen molar-refractivity contribution in [3.63, 3.8) is 0 Å². The van der Waals surface area contributed by atoms with E-state index in [1.165, 1.54) is 11.1 Å². The van der Waals surface area contributed by atoms with Gasteiger partial charge in [-0.25, -0.2) is 4.79 Å². The van der Waals surface area contributed by atoms with Gasteiger partial charge in [-0.1, -0.05) is 105 Å². The molecule has 0 heterocycles. The molecule has 0 aliphatic rings. The highest BCUT2D eigenvalue weighted by Crippen LogP contribution is 2.40. The molecule has 1 unspecified atom stereocenters. The monoisotopic (exact) mass is 401 g/mol. The van der Waals surface area contributed by atoms with Crippen molar-refractivity contribution < 1.29 is 9.53 Å². The van der Waals surface area contributed by atoms with Crippen LogP contribution in [0.25, 0.3) is 0 Å². The molecule has 0 aliphatic carbocycles. The molecule has 0 aliphatic heterocycles. The smallest absolute Gasteiger partial charge is 0.331 e. The first-order chi connectivity index (χ1) is 14.6. The van der Waals surface area contributed by atoms with Gasteiger partial charge >= 0.3 is 5.97 Å². The number of esters is 1. The summed E-state index contributed by atoms with van der Waals surface area (Å²) in [6.07, 6.45) is 0. The van der Waals surface area contributed by atoms with Crippen LogP contribution in [0.5, 0.6) is 0 Å². The van der Waals surface area contributed by atoms with Gasteiger partial charge in [-0.3, -0.25) is 4.90 Å². The molecule has 3 aromatic carbocycles. The Kier molecular flexibility index (Phi) is 7.42. The number of nitrogens with zero attached hydrogens (tertiary/aromatic N) is 1. The highest BCUT2D eigenvalue weighted by molar-refractivity contribution is 5.83. The molecule has 1 atom stereocenters. The van der Waals surface area contributed by atoms with Crippen molar-refractivity contribution in [2.24, 2.45) is 5.92 Å². The van der Waals surface area contributed by atoms with E-state index in [1.54, 1.807) is 0 Å². The van der Waals surface area contributed by atoms with Crippen molar-refractivity contribution >= 4 is 5.97 Å². The van der Waals surface area contributed by atoms with Crippen molar-refractivity contribution in [1.82, 2.24) is 4.90 Å². The van der Waals surface area contributed by atoms with E-state index in [-0.39, 0.29) is 11.9 Å². The Bertz CT molecular complexity index is 868. The van der Waals surface area contributed by atoms with Crippen molar-refractivity contribution in [3.8, 4) is 0 Å². The predicted molar refractivity (Wildman–Crippen MR) is 122 cm³/mol. The SMILES string of the molecule is CCOC(=O)C(c1ccccc1)(C(C)C)N(Cc1ccccc1)Cc1ccccc1. The summed E-state index contributed by atoms with van der Waals surface area (Å²) >= 11 is 0. The minimum atomic E-state index is -0.900. The molecule has 0 saturated heterocycles. The van der Waals surface area contributed by atoms with E-state index in [0.717, 1.165) is 5.56 Å². The van der Waals surface area contributed by atoms with Gasteiger partial charge in [-0.15, -0.1) is 0 Å². The van der Waals surface area contributed by atoms with Gasteiger partial charge in [0.05, 0.1) is 6.61 Å². The number of hydrogen-bond donors (Lipinski definition) is 0. The predicted octanol–water partition coefficient (Wildman–Crippen LogP) is 5.80. The molecule has 3 rings (SSSR count). The molecule has 3 aromatic rings. The van der Waals surface area contributed by atoms with Crippen LogP contribution >= 0.6 is 0 Å². The van der Waals surface area contributed by atoms with Gasteiger partial charge in [0.2, 0.25) is 0 Å². The van der Waals surface area contributed by atoms with Crippen LogP contribution in [0, 0.1) is 5.92 Å². The molecular weight excluding hydrogens is 370 g/mol. The minimum absolute atomic E-state index is 0.00590. The van der Waals surface area contributed by atoms with Crippen LogP contribution < -0.4 is 0 Å². The van der Waals surface area contributed by atoms with Crippen molar-refractivity contribution in [3.05, 3.63) is 108 Å². The third-order valence-electron chi connectivity index (χ3n) is 5.57. The van der Waals surface area contributed by atoms with Gasteiger partial charge < -0.3 is 4.74 Å². The van der Waals surface area contributed by atoms with E-state index >= 15 is 0 Å². The summed E-state index contributed by atoms with van der Waals surface area (Å²) in [6, 6.07) is 30.7. The highest BCUT2D eigenvalue weighted by atomic mass is 16.5. The van der Waals surface area contributed by atoms with Gasteiger partial charge in [-0.05, 0) is 29.5 Å². The first kappa shape index (κ1) is 21.8. The van der Waals surface area contributed by atoms with Crippen LogP contribution in [0.1, 0.15) is 37.5 Å². The average Bonchev–Trinajstić information content (AvgIpc) is 2.76. The van der Waals surface area contributed by atoms with E-state index in [2.05, 4.69) is 43.0 Å². The van der Waals surface area contributed by atoms with Crippen LogP contribution in [0.2, 0.25) is 0 Å². The van der Waals surface area contributed by atoms with Crippen molar-refractivity contribution in [2.45, 2.75) is 39.4 Å².